The Morgan fingerprint density at radius 1 is 1.36 bits per heavy atom. The summed E-state index contributed by atoms with van der Waals surface area (Å²) in [4.78, 5) is 27.2. The van der Waals surface area contributed by atoms with Gasteiger partial charge in [0.2, 0.25) is 5.96 Å². The van der Waals surface area contributed by atoms with Crippen LogP contribution in [0.1, 0.15) is 40.5 Å². The molecule has 0 bridgehead atoms. The van der Waals surface area contributed by atoms with E-state index in [1.54, 1.807) is 26.8 Å². The number of alkyl carbamates (subject to hydrolysis) is 1. The van der Waals surface area contributed by atoms with E-state index in [9.17, 15) is 9.59 Å². The van der Waals surface area contributed by atoms with Crippen molar-refractivity contribution in [3.63, 3.8) is 0 Å². The van der Waals surface area contributed by atoms with E-state index in [0.717, 1.165) is 12.8 Å². The van der Waals surface area contributed by atoms with E-state index in [1.807, 2.05) is 6.92 Å². The molecular formula is C14H22N4O4. The Balaban J connectivity index is 2.77. The van der Waals surface area contributed by atoms with Crippen molar-refractivity contribution in [2.45, 2.75) is 46.1 Å². The van der Waals surface area contributed by atoms with Gasteiger partial charge in [-0.25, -0.2) is 14.3 Å². The van der Waals surface area contributed by atoms with Crippen LogP contribution < -0.4 is 5.32 Å². The van der Waals surface area contributed by atoms with Crippen LogP contribution in [0.3, 0.4) is 0 Å². The first-order valence-electron chi connectivity index (χ1n) is 7.07. The topological polar surface area (TPSA) is 94.8 Å². The van der Waals surface area contributed by atoms with E-state index in [-0.39, 0.29) is 12.6 Å². The number of hydrogen-bond acceptors (Lipinski definition) is 5. The largest absolute Gasteiger partial charge is 0.448 e. The van der Waals surface area contributed by atoms with Gasteiger partial charge in [0.25, 0.3) is 0 Å². The van der Waals surface area contributed by atoms with Crippen molar-refractivity contribution in [2.24, 2.45) is 4.99 Å². The van der Waals surface area contributed by atoms with Crippen LogP contribution in [0, 0.1) is 0 Å². The molecule has 0 unspecified atom stereocenters. The Hall–Kier alpha value is -2.38. The van der Waals surface area contributed by atoms with Crippen LogP contribution in [0.5, 0.6) is 0 Å². The van der Waals surface area contributed by atoms with Gasteiger partial charge in [0.15, 0.2) is 0 Å². The summed E-state index contributed by atoms with van der Waals surface area (Å²) in [6.45, 7) is 7.46. The van der Waals surface area contributed by atoms with Gasteiger partial charge in [-0.2, -0.15) is 5.10 Å². The molecule has 1 aromatic heterocycles. The van der Waals surface area contributed by atoms with Gasteiger partial charge < -0.3 is 9.47 Å². The minimum Gasteiger partial charge on any atom is -0.448 e. The molecule has 122 valence electrons. The standard InChI is InChI=1S/C14H22N4O4/c1-5-6-10-21-12(19)16-11(18-9-7-8-15-18)17-13(20)22-14(2,3)4/h7-9H,5-6,10H2,1-4H3,(H,16,17,19,20). The van der Waals surface area contributed by atoms with Crippen LogP contribution >= 0.6 is 0 Å². The lowest BCUT2D eigenvalue weighted by molar-refractivity contribution is 0.0561. The van der Waals surface area contributed by atoms with E-state index in [1.165, 1.54) is 17.1 Å². The maximum Gasteiger partial charge on any atom is 0.436 e. The maximum absolute atomic E-state index is 11.8. The molecule has 2 amide bonds. The van der Waals surface area contributed by atoms with Crippen molar-refractivity contribution in [3.05, 3.63) is 18.5 Å². The summed E-state index contributed by atoms with van der Waals surface area (Å²) in [5.41, 5.74) is -0.666. The number of aromatic nitrogens is 2. The van der Waals surface area contributed by atoms with Gasteiger partial charge in [0.05, 0.1) is 6.61 Å². The molecule has 0 aliphatic rings. The molecule has 22 heavy (non-hydrogen) atoms. The fourth-order valence-electron chi connectivity index (χ4n) is 1.35. The number of ether oxygens (including phenoxy) is 2. The first kappa shape index (κ1) is 17.7. The number of hydrogen-bond donors (Lipinski definition) is 1. The average molecular weight is 310 g/mol. The fraction of sp³-hybridized carbons (Fsp3) is 0.571. The fourth-order valence-corrected chi connectivity index (χ4v) is 1.35. The summed E-state index contributed by atoms with van der Waals surface area (Å²) in [5, 5.41) is 6.31. The minimum atomic E-state index is -0.796. The van der Waals surface area contributed by atoms with Crippen LogP contribution in [0.25, 0.3) is 0 Å². The van der Waals surface area contributed by atoms with Crippen LogP contribution in [-0.2, 0) is 9.47 Å². The molecule has 1 N–H and O–H groups in total. The van der Waals surface area contributed by atoms with Crippen molar-refractivity contribution in [1.82, 2.24) is 15.1 Å². The summed E-state index contributed by atoms with van der Waals surface area (Å²) in [6, 6.07) is 1.63. The predicted octanol–water partition coefficient (Wildman–Crippen LogP) is 2.55. The van der Waals surface area contributed by atoms with Gasteiger partial charge in [0.1, 0.15) is 5.60 Å². The third-order valence-corrected chi connectivity index (χ3v) is 2.25. The van der Waals surface area contributed by atoms with Gasteiger partial charge in [0, 0.05) is 12.4 Å². The molecule has 8 nitrogen and oxygen atoms in total. The molecule has 0 radical (unpaired) electrons. The molecule has 0 atom stereocenters. The van der Waals surface area contributed by atoms with E-state index in [2.05, 4.69) is 15.4 Å². The van der Waals surface area contributed by atoms with Crippen LogP contribution in [0.2, 0.25) is 0 Å². The molecule has 0 aliphatic heterocycles. The number of rotatable bonds is 3. The second kappa shape index (κ2) is 8.16. The molecule has 1 heterocycles. The van der Waals surface area contributed by atoms with Gasteiger partial charge >= 0.3 is 12.2 Å². The summed E-state index contributed by atoms with van der Waals surface area (Å²) in [6.07, 6.45) is 3.15. The maximum atomic E-state index is 11.8. The highest BCUT2D eigenvalue weighted by Gasteiger charge is 2.19. The molecule has 1 aromatic rings. The Labute approximate surface area is 129 Å². The molecular weight excluding hydrogens is 288 g/mol. The lowest BCUT2D eigenvalue weighted by Crippen LogP contribution is -2.40. The van der Waals surface area contributed by atoms with Crippen LogP contribution in [0.4, 0.5) is 9.59 Å². The van der Waals surface area contributed by atoms with Gasteiger partial charge in [-0.1, -0.05) is 13.3 Å². The third kappa shape index (κ3) is 6.87. The molecule has 8 heteroatoms. The highest BCUT2D eigenvalue weighted by Crippen LogP contribution is 2.06. The number of unbranched alkanes of at least 4 members (excludes halogenated alkanes) is 1. The zero-order chi connectivity index (χ0) is 16.6. The molecule has 0 spiro atoms. The first-order chi connectivity index (χ1) is 10.3. The van der Waals surface area contributed by atoms with E-state index < -0.39 is 17.8 Å². The average Bonchev–Trinajstić information content (AvgIpc) is 2.89. The summed E-state index contributed by atoms with van der Waals surface area (Å²) >= 11 is 0. The number of carbonyl (C=O) groups excluding carboxylic acids is 2. The SMILES string of the molecule is CCCCOC(=O)/N=C(\NC(=O)OC(C)(C)C)n1cccn1. The van der Waals surface area contributed by atoms with E-state index in [4.69, 9.17) is 9.47 Å². The second-order valence-corrected chi connectivity index (χ2v) is 5.48. The van der Waals surface area contributed by atoms with Crippen LogP contribution in [0.15, 0.2) is 23.5 Å². The highest BCUT2D eigenvalue weighted by atomic mass is 16.6. The molecule has 0 aliphatic carbocycles. The van der Waals surface area contributed by atoms with Crippen molar-refractivity contribution in [2.75, 3.05) is 6.61 Å². The number of nitrogens with one attached hydrogen (secondary N) is 1. The Bertz CT molecular complexity index is 517. The number of nitrogens with zero attached hydrogens (tertiary/aromatic N) is 3. The third-order valence-electron chi connectivity index (χ3n) is 2.25. The summed E-state index contributed by atoms with van der Waals surface area (Å²) < 4.78 is 11.3. The molecule has 0 aromatic carbocycles. The van der Waals surface area contributed by atoms with Gasteiger partial charge in [-0.05, 0) is 33.3 Å². The normalized spacial score (nSPS) is 11.9. The zero-order valence-corrected chi connectivity index (χ0v) is 13.3. The highest BCUT2D eigenvalue weighted by molar-refractivity contribution is 5.99. The number of amides is 2. The summed E-state index contributed by atoms with van der Waals surface area (Å²) in [5.74, 6) is -0.0826. The second-order valence-electron chi connectivity index (χ2n) is 5.48. The number of carbonyl (C=O) groups is 2. The number of aliphatic imine (C=N–C) groups is 1. The molecule has 0 saturated carbocycles. The summed E-state index contributed by atoms with van der Waals surface area (Å²) in [7, 11) is 0. The molecule has 0 fully saturated rings. The first-order valence-corrected chi connectivity index (χ1v) is 7.07. The van der Waals surface area contributed by atoms with Gasteiger partial charge in [-0.3, -0.25) is 5.32 Å². The smallest absolute Gasteiger partial charge is 0.436 e. The Morgan fingerprint density at radius 2 is 2.09 bits per heavy atom. The quantitative estimate of drug-likeness (QED) is 0.526. The van der Waals surface area contributed by atoms with E-state index in [0.29, 0.717) is 0 Å². The lowest BCUT2D eigenvalue weighted by atomic mass is 10.2. The van der Waals surface area contributed by atoms with Crippen molar-refractivity contribution < 1.29 is 19.1 Å². The lowest BCUT2D eigenvalue weighted by Gasteiger charge is -2.19. The Morgan fingerprint density at radius 3 is 2.64 bits per heavy atom. The van der Waals surface area contributed by atoms with Crippen molar-refractivity contribution in [1.29, 1.82) is 0 Å². The molecule has 0 saturated heterocycles. The Kier molecular flexibility index (Phi) is 6.55. The van der Waals surface area contributed by atoms with Crippen molar-refractivity contribution in [3.8, 4) is 0 Å². The molecule has 1 rings (SSSR count). The van der Waals surface area contributed by atoms with Crippen LogP contribution in [-0.4, -0.2) is 40.1 Å². The van der Waals surface area contributed by atoms with Crippen molar-refractivity contribution >= 4 is 18.1 Å². The minimum absolute atomic E-state index is 0.0826. The monoisotopic (exact) mass is 310 g/mol. The zero-order valence-electron chi connectivity index (χ0n) is 13.3. The van der Waals surface area contributed by atoms with Gasteiger partial charge in [-0.15, -0.1) is 4.99 Å². The predicted molar refractivity (Wildman–Crippen MR) is 80.7 cm³/mol. The van der Waals surface area contributed by atoms with E-state index >= 15 is 0 Å².